The van der Waals surface area contributed by atoms with E-state index < -0.39 is 29.5 Å². The SMILES string of the molecule is Cc1ccc(N2CC(C(=O)ON3C(=O)c4ccccc4C3=O)CC2=O)cc1F. The molecule has 0 aliphatic carbocycles. The maximum Gasteiger partial charge on any atom is 0.338 e. The van der Waals surface area contributed by atoms with Gasteiger partial charge in [-0.3, -0.25) is 14.4 Å². The van der Waals surface area contributed by atoms with Crippen LogP contribution in [0.5, 0.6) is 0 Å². The summed E-state index contributed by atoms with van der Waals surface area (Å²) in [6.07, 6.45) is -0.155. The Bertz CT molecular complexity index is 1000. The first kappa shape index (κ1) is 17.8. The molecule has 0 spiro atoms. The Morgan fingerprint density at radius 1 is 1.07 bits per heavy atom. The van der Waals surface area contributed by atoms with Gasteiger partial charge in [-0.25, -0.2) is 9.18 Å². The van der Waals surface area contributed by atoms with Gasteiger partial charge < -0.3 is 9.74 Å². The van der Waals surface area contributed by atoms with Crippen LogP contribution in [0.15, 0.2) is 42.5 Å². The lowest BCUT2D eigenvalue weighted by Gasteiger charge is -2.18. The van der Waals surface area contributed by atoms with Crippen molar-refractivity contribution in [2.45, 2.75) is 13.3 Å². The fourth-order valence-electron chi connectivity index (χ4n) is 3.28. The predicted molar refractivity (Wildman–Crippen MR) is 94.6 cm³/mol. The number of carbonyl (C=O) groups excluding carboxylic acids is 4. The van der Waals surface area contributed by atoms with Crippen molar-refractivity contribution < 1.29 is 28.4 Å². The zero-order valence-electron chi connectivity index (χ0n) is 14.8. The van der Waals surface area contributed by atoms with Crippen LogP contribution in [0.4, 0.5) is 10.1 Å². The maximum absolute atomic E-state index is 13.8. The van der Waals surface area contributed by atoms with Crippen LogP contribution in [0, 0.1) is 18.7 Å². The molecule has 1 fully saturated rings. The molecule has 3 amide bonds. The molecule has 1 saturated heterocycles. The molecule has 28 heavy (non-hydrogen) atoms. The van der Waals surface area contributed by atoms with E-state index in [4.69, 9.17) is 4.84 Å². The maximum atomic E-state index is 13.8. The van der Waals surface area contributed by atoms with E-state index in [1.54, 1.807) is 31.2 Å². The van der Waals surface area contributed by atoms with Gasteiger partial charge in [-0.1, -0.05) is 23.3 Å². The van der Waals surface area contributed by atoms with E-state index in [0.717, 1.165) is 0 Å². The molecule has 0 saturated carbocycles. The minimum absolute atomic E-state index is 0.0245. The summed E-state index contributed by atoms with van der Waals surface area (Å²) < 4.78 is 13.8. The monoisotopic (exact) mass is 382 g/mol. The summed E-state index contributed by atoms with van der Waals surface area (Å²) in [5.74, 6) is -4.01. The normalized spacial score (nSPS) is 18.6. The summed E-state index contributed by atoms with van der Waals surface area (Å²) in [7, 11) is 0. The van der Waals surface area contributed by atoms with Crippen LogP contribution in [0.3, 0.4) is 0 Å². The molecule has 2 aliphatic heterocycles. The first-order valence-corrected chi connectivity index (χ1v) is 8.63. The third-order valence-electron chi connectivity index (χ3n) is 4.86. The number of benzene rings is 2. The van der Waals surface area contributed by atoms with Gasteiger partial charge in [-0.15, -0.1) is 0 Å². The Hall–Kier alpha value is -3.55. The quantitative estimate of drug-likeness (QED) is 0.761. The van der Waals surface area contributed by atoms with Crippen molar-refractivity contribution in [3.63, 3.8) is 0 Å². The molecule has 1 unspecified atom stereocenters. The van der Waals surface area contributed by atoms with Gasteiger partial charge in [0, 0.05) is 18.7 Å². The summed E-state index contributed by atoms with van der Waals surface area (Å²) in [4.78, 5) is 55.6. The summed E-state index contributed by atoms with van der Waals surface area (Å²) in [6, 6.07) is 10.5. The summed E-state index contributed by atoms with van der Waals surface area (Å²) in [5.41, 5.74) is 1.08. The van der Waals surface area contributed by atoms with Gasteiger partial charge in [-0.2, -0.15) is 0 Å². The Morgan fingerprint density at radius 3 is 2.32 bits per heavy atom. The smallest absolute Gasteiger partial charge is 0.329 e. The highest BCUT2D eigenvalue weighted by atomic mass is 19.1. The molecular formula is C20H15FN2O5. The molecule has 7 nitrogen and oxygen atoms in total. The lowest BCUT2D eigenvalue weighted by Crippen LogP contribution is -2.36. The van der Waals surface area contributed by atoms with Crippen LogP contribution in [0.25, 0.3) is 0 Å². The molecule has 0 aromatic heterocycles. The lowest BCUT2D eigenvalue weighted by molar-refractivity contribution is -0.173. The van der Waals surface area contributed by atoms with E-state index in [9.17, 15) is 23.6 Å². The second kappa shape index (κ2) is 6.56. The van der Waals surface area contributed by atoms with Crippen molar-refractivity contribution in [1.29, 1.82) is 0 Å². The highest BCUT2D eigenvalue weighted by Gasteiger charge is 2.42. The van der Waals surface area contributed by atoms with Crippen LogP contribution in [-0.4, -0.2) is 35.3 Å². The fraction of sp³-hybridized carbons (Fsp3) is 0.200. The molecule has 2 aromatic rings. The molecule has 142 valence electrons. The number of halogens is 1. The average molecular weight is 382 g/mol. The third-order valence-corrected chi connectivity index (χ3v) is 4.86. The largest absolute Gasteiger partial charge is 0.338 e. The van der Waals surface area contributed by atoms with Gasteiger partial charge >= 0.3 is 5.97 Å². The molecule has 0 bridgehead atoms. The van der Waals surface area contributed by atoms with Crippen LogP contribution in [0.2, 0.25) is 0 Å². The molecule has 1 atom stereocenters. The number of nitrogens with zero attached hydrogens (tertiary/aromatic N) is 2. The second-order valence-electron chi connectivity index (χ2n) is 6.70. The number of anilines is 1. The topological polar surface area (TPSA) is 84.0 Å². The minimum atomic E-state index is -0.874. The zero-order valence-corrected chi connectivity index (χ0v) is 14.8. The fourth-order valence-corrected chi connectivity index (χ4v) is 3.28. The number of rotatable bonds is 3. The van der Waals surface area contributed by atoms with Crippen LogP contribution in [-0.2, 0) is 14.4 Å². The summed E-state index contributed by atoms with van der Waals surface area (Å²) in [5, 5.41) is 0.422. The first-order chi connectivity index (χ1) is 13.4. The number of hydrogen-bond acceptors (Lipinski definition) is 5. The molecule has 0 radical (unpaired) electrons. The van der Waals surface area contributed by atoms with Gasteiger partial charge in [0.25, 0.3) is 11.8 Å². The van der Waals surface area contributed by atoms with Crippen molar-refractivity contribution in [2.75, 3.05) is 11.4 Å². The average Bonchev–Trinajstić information content (AvgIpc) is 3.18. The Balaban J connectivity index is 1.48. The first-order valence-electron chi connectivity index (χ1n) is 8.63. The second-order valence-corrected chi connectivity index (χ2v) is 6.70. The predicted octanol–water partition coefficient (Wildman–Crippen LogP) is 2.24. The molecule has 2 heterocycles. The molecule has 8 heteroatoms. The lowest BCUT2D eigenvalue weighted by atomic mass is 10.1. The number of aryl methyl sites for hydroxylation is 1. The number of imide groups is 1. The van der Waals surface area contributed by atoms with E-state index >= 15 is 0 Å². The number of hydroxylamine groups is 2. The van der Waals surface area contributed by atoms with Gasteiger partial charge in [0.1, 0.15) is 5.82 Å². The minimum Gasteiger partial charge on any atom is -0.329 e. The van der Waals surface area contributed by atoms with E-state index in [2.05, 4.69) is 0 Å². The van der Waals surface area contributed by atoms with Crippen LogP contribution < -0.4 is 4.90 Å². The Labute approximate surface area is 159 Å². The molecule has 0 N–H and O–H groups in total. The van der Waals surface area contributed by atoms with Crippen molar-refractivity contribution in [3.05, 3.63) is 65.0 Å². The van der Waals surface area contributed by atoms with Gasteiger partial charge in [-0.05, 0) is 36.8 Å². The summed E-state index contributed by atoms with van der Waals surface area (Å²) >= 11 is 0. The highest BCUT2D eigenvalue weighted by Crippen LogP contribution is 2.29. The number of fused-ring (bicyclic) bond motifs is 1. The Kier molecular flexibility index (Phi) is 4.18. The van der Waals surface area contributed by atoms with Gasteiger partial charge in [0.05, 0.1) is 17.0 Å². The van der Waals surface area contributed by atoms with E-state index in [1.165, 1.54) is 23.1 Å². The molecule has 2 aromatic carbocycles. The van der Waals surface area contributed by atoms with Crippen molar-refractivity contribution in [2.24, 2.45) is 5.92 Å². The number of hydrogen-bond donors (Lipinski definition) is 0. The van der Waals surface area contributed by atoms with Gasteiger partial charge in [0.15, 0.2) is 0 Å². The molecule has 4 rings (SSSR count). The summed E-state index contributed by atoms with van der Waals surface area (Å²) in [6.45, 7) is 1.58. The van der Waals surface area contributed by atoms with E-state index in [-0.39, 0.29) is 30.0 Å². The highest BCUT2D eigenvalue weighted by molar-refractivity contribution is 6.21. The zero-order chi connectivity index (χ0) is 20.0. The van der Waals surface area contributed by atoms with E-state index in [1.807, 2.05) is 0 Å². The van der Waals surface area contributed by atoms with Crippen molar-refractivity contribution in [1.82, 2.24) is 5.06 Å². The number of carbonyl (C=O) groups is 4. The standard InChI is InChI=1S/C20H15FN2O5/c1-11-6-7-13(9-16(11)21)22-10-12(8-17(22)24)20(27)28-23-18(25)14-4-2-3-5-15(14)19(23)26/h2-7,9,12H,8,10H2,1H3. The number of amides is 3. The Morgan fingerprint density at radius 2 is 1.71 bits per heavy atom. The van der Waals surface area contributed by atoms with Crippen molar-refractivity contribution in [3.8, 4) is 0 Å². The third kappa shape index (κ3) is 2.83. The van der Waals surface area contributed by atoms with Crippen LogP contribution in [0.1, 0.15) is 32.7 Å². The van der Waals surface area contributed by atoms with Gasteiger partial charge in [0.2, 0.25) is 5.91 Å². The molecule has 2 aliphatic rings. The van der Waals surface area contributed by atoms with E-state index in [0.29, 0.717) is 16.3 Å². The molecular weight excluding hydrogens is 367 g/mol. The van der Waals surface area contributed by atoms with Crippen LogP contribution >= 0.6 is 0 Å². The van der Waals surface area contributed by atoms with Crippen molar-refractivity contribution >= 4 is 29.4 Å².